The predicted octanol–water partition coefficient (Wildman–Crippen LogP) is 1.92. The second kappa shape index (κ2) is 11.4. The molecule has 0 unspecified atom stereocenters. The average Bonchev–Trinajstić information content (AvgIpc) is 2.47. The van der Waals surface area contributed by atoms with Crippen molar-refractivity contribution in [3.8, 4) is 0 Å². The van der Waals surface area contributed by atoms with Crippen LogP contribution < -0.4 is 0 Å². The standard InChI is InChI=1S/C18H40N4/c1-6-8-21-14-13-20(7-2)11-9-19(5)10-12-22(16-15-21)17-18(3)4/h18H,6-17H2,1-5H3. The molecule has 0 aromatic heterocycles. The first-order chi connectivity index (χ1) is 10.5. The van der Waals surface area contributed by atoms with E-state index in [2.05, 4.69) is 54.3 Å². The maximum absolute atomic E-state index is 2.67. The first kappa shape index (κ1) is 19.9. The lowest BCUT2D eigenvalue weighted by atomic mass is 10.2. The van der Waals surface area contributed by atoms with E-state index in [1.807, 2.05) is 0 Å². The summed E-state index contributed by atoms with van der Waals surface area (Å²) in [6.45, 7) is 22.6. The molecule has 0 spiro atoms. The van der Waals surface area contributed by atoms with Crippen LogP contribution in [-0.2, 0) is 0 Å². The number of nitrogens with zero attached hydrogens (tertiary/aromatic N) is 4. The Morgan fingerprint density at radius 3 is 1.77 bits per heavy atom. The normalized spacial score (nSPS) is 22.6. The van der Waals surface area contributed by atoms with E-state index in [-0.39, 0.29) is 0 Å². The van der Waals surface area contributed by atoms with Gasteiger partial charge in [-0.1, -0.05) is 27.7 Å². The third-order valence-corrected chi connectivity index (χ3v) is 4.67. The summed E-state index contributed by atoms with van der Waals surface area (Å²) in [5.74, 6) is 0.758. The van der Waals surface area contributed by atoms with Gasteiger partial charge in [0.15, 0.2) is 0 Å². The molecular formula is C18H40N4. The highest BCUT2D eigenvalue weighted by atomic mass is 15.3. The SMILES string of the molecule is CCCN1CCN(CC)CCN(C)CCN(CC(C)C)CC1. The summed E-state index contributed by atoms with van der Waals surface area (Å²) in [4.78, 5) is 10.4. The highest BCUT2D eigenvalue weighted by Gasteiger charge is 2.14. The largest absolute Gasteiger partial charge is 0.304 e. The lowest BCUT2D eigenvalue weighted by Crippen LogP contribution is -2.45. The predicted molar refractivity (Wildman–Crippen MR) is 97.6 cm³/mol. The Morgan fingerprint density at radius 1 is 0.727 bits per heavy atom. The molecule has 0 radical (unpaired) electrons. The van der Waals surface area contributed by atoms with E-state index in [9.17, 15) is 0 Å². The van der Waals surface area contributed by atoms with E-state index in [1.165, 1.54) is 78.4 Å². The minimum Gasteiger partial charge on any atom is -0.304 e. The van der Waals surface area contributed by atoms with E-state index in [0.29, 0.717) is 0 Å². The van der Waals surface area contributed by atoms with Gasteiger partial charge in [0, 0.05) is 58.9 Å². The van der Waals surface area contributed by atoms with Crippen LogP contribution in [0.1, 0.15) is 34.1 Å². The third kappa shape index (κ3) is 8.47. The van der Waals surface area contributed by atoms with Crippen molar-refractivity contribution in [2.75, 3.05) is 79.0 Å². The van der Waals surface area contributed by atoms with Crippen molar-refractivity contribution in [1.29, 1.82) is 0 Å². The molecule has 1 heterocycles. The van der Waals surface area contributed by atoms with Gasteiger partial charge < -0.3 is 19.6 Å². The quantitative estimate of drug-likeness (QED) is 0.769. The molecule has 1 fully saturated rings. The van der Waals surface area contributed by atoms with E-state index in [0.717, 1.165) is 5.92 Å². The Labute approximate surface area is 139 Å². The zero-order valence-electron chi connectivity index (χ0n) is 15.9. The molecule has 1 rings (SSSR count). The van der Waals surface area contributed by atoms with Gasteiger partial charge in [0.25, 0.3) is 0 Å². The van der Waals surface area contributed by atoms with Crippen LogP contribution in [0.2, 0.25) is 0 Å². The molecule has 4 heteroatoms. The molecule has 0 aromatic rings. The highest BCUT2D eigenvalue weighted by molar-refractivity contribution is 4.70. The fraction of sp³-hybridized carbons (Fsp3) is 1.00. The molecule has 0 N–H and O–H groups in total. The molecule has 4 nitrogen and oxygen atoms in total. The molecule has 0 amide bonds. The van der Waals surface area contributed by atoms with Gasteiger partial charge in [0.05, 0.1) is 0 Å². The van der Waals surface area contributed by atoms with Gasteiger partial charge in [-0.3, -0.25) is 0 Å². The van der Waals surface area contributed by atoms with Crippen LogP contribution in [0.4, 0.5) is 0 Å². The summed E-state index contributed by atoms with van der Waals surface area (Å²) >= 11 is 0. The van der Waals surface area contributed by atoms with Crippen molar-refractivity contribution in [2.24, 2.45) is 5.92 Å². The van der Waals surface area contributed by atoms with Crippen molar-refractivity contribution < 1.29 is 0 Å². The van der Waals surface area contributed by atoms with Gasteiger partial charge >= 0.3 is 0 Å². The molecule has 0 aromatic carbocycles. The number of rotatable bonds is 5. The second-order valence-electron chi connectivity index (χ2n) is 7.27. The fourth-order valence-corrected chi connectivity index (χ4v) is 3.19. The van der Waals surface area contributed by atoms with E-state index in [1.54, 1.807) is 0 Å². The maximum Gasteiger partial charge on any atom is 0.0110 e. The van der Waals surface area contributed by atoms with Crippen molar-refractivity contribution >= 4 is 0 Å². The Balaban J connectivity index is 2.62. The summed E-state index contributed by atoms with van der Waals surface area (Å²) in [5.41, 5.74) is 0. The summed E-state index contributed by atoms with van der Waals surface area (Å²) in [5, 5.41) is 0. The van der Waals surface area contributed by atoms with E-state index < -0.39 is 0 Å². The lowest BCUT2D eigenvalue weighted by Gasteiger charge is -2.33. The first-order valence-electron chi connectivity index (χ1n) is 9.40. The molecule has 1 aliphatic heterocycles. The van der Waals surface area contributed by atoms with Gasteiger partial charge in [0.1, 0.15) is 0 Å². The Kier molecular flexibility index (Phi) is 10.3. The topological polar surface area (TPSA) is 13.0 Å². The monoisotopic (exact) mass is 312 g/mol. The zero-order valence-corrected chi connectivity index (χ0v) is 15.9. The zero-order chi connectivity index (χ0) is 16.4. The number of hydrogen-bond acceptors (Lipinski definition) is 4. The Morgan fingerprint density at radius 2 is 1.23 bits per heavy atom. The van der Waals surface area contributed by atoms with Crippen molar-refractivity contribution in [2.45, 2.75) is 34.1 Å². The van der Waals surface area contributed by atoms with Gasteiger partial charge in [-0.25, -0.2) is 0 Å². The van der Waals surface area contributed by atoms with E-state index >= 15 is 0 Å². The molecule has 0 atom stereocenters. The molecule has 1 saturated heterocycles. The van der Waals surface area contributed by atoms with Crippen LogP contribution in [0, 0.1) is 5.92 Å². The molecule has 0 aliphatic carbocycles. The van der Waals surface area contributed by atoms with Gasteiger partial charge in [-0.05, 0) is 32.5 Å². The minimum atomic E-state index is 0.758. The van der Waals surface area contributed by atoms with Gasteiger partial charge in [-0.15, -0.1) is 0 Å². The average molecular weight is 313 g/mol. The Hall–Kier alpha value is -0.160. The van der Waals surface area contributed by atoms with Gasteiger partial charge in [0.2, 0.25) is 0 Å². The smallest absolute Gasteiger partial charge is 0.0110 e. The molecule has 0 saturated carbocycles. The summed E-state index contributed by atoms with van der Waals surface area (Å²) < 4.78 is 0. The summed E-state index contributed by atoms with van der Waals surface area (Å²) in [6, 6.07) is 0. The summed E-state index contributed by atoms with van der Waals surface area (Å²) in [6.07, 6.45) is 1.26. The van der Waals surface area contributed by atoms with Crippen LogP contribution in [0.3, 0.4) is 0 Å². The second-order valence-corrected chi connectivity index (χ2v) is 7.27. The fourth-order valence-electron chi connectivity index (χ4n) is 3.19. The Bertz CT molecular complexity index is 270. The van der Waals surface area contributed by atoms with Crippen molar-refractivity contribution in [1.82, 2.24) is 19.6 Å². The third-order valence-electron chi connectivity index (χ3n) is 4.67. The maximum atomic E-state index is 2.67. The number of hydrogen-bond donors (Lipinski definition) is 0. The van der Waals surface area contributed by atoms with Crippen LogP contribution in [-0.4, -0.2) is 98.6 Å². The molecule has 0 bridgehead atoms. The molecule has 22 heavy (non-hydrogen) atoms. The molecular weight excluding hydrogens is 272 g/mol. The van der Waals surface area contributed by atoms with Crippen LogP contribution in [0.5, 0.6) is 0 Å². The van der Waals surface area contributed by atoms with Crippen LogP contribution in [0.15, 0.2) is 0 Å². The first-order valence-corrected chi connectivity index (χ1v) is 9.40. The van der Waals surface area contributed by atoms with Gasteiger partial charge in [-0.2, -0.15) is 0 Å². The minimum absolute atomic E-state index is 0.758. The van der Waals surface area contributed by atoms with Crippen LogP contribution >= 0.6 is 0 Å². The number of likely N-dealkylation sites (N-methyl/N-ethyl adjacent to an activating group) is 2. The van der Waals surface area contributed by atoms with Crippen molar-refractivity contribution in [3.05, 3.63) is 0 Å². The lowest BCUT2D eigenvalue weighted by molar-refractivity contribution is 0.138. The van der Waals surface area contributed by atoms with Crippen molar-refractivity contribution in [3.63, 3.8) is 0 Å². The molecule has 132 valence electrons. The highest BCUT2D eigenvalue weighted by Crippen LogP contribution is 2.03. The molecule has 1 aliphatic rings. The van der Waals surface area contributed by atoms with E-state index in [4.69, 9.17) is 0 Å². The summed E-state index contributed by atoms with van der Waals surface area (Å²) in [7, 11) is 2.27. The van der Waals surface area contributed by atoms with Crippen LogP contribution in [0.25, 0.3) is 0 Å².